The van der Waals surface area contributed by atoms with Gasteiger partial charge in [0.1, 0.15) is 5.75 Å². The third-order valence-corrected chi connectivity index (χ3v) is 3.13. The number of amides is 1. The molecule has 0 aliphatic carbocycles. The van der Waals surface area contributed by atoms with Gasteiger partial charge in [0.05, 0.1) is 0 Å². The van der Waals surface area contributed by atoms with Crippen LogP contribution in [0.3, 0.4) is 0 Å². The highest BCUT2D eigenvalue weighted by Crippen LogP contribution is 2.38. The minimum absolute atomic E-state index is 0.0000718. The zero-order valence-corrected chi connectivity index (χ0v) is 12.5. The van der Waals surface area contributed by atoms with E-state index in [1.54, 1.807) is 6.07 Å². The standard InChI is InChI=1S/C15H22N2O4/c1-3-4-5-17-15(18)9-19-12-7-14-13(20-10-21-14)6-11(12)8-16-2/h6-7,16H,3-5,8-10H2,1-2H3,(H,17,18). The maximum absolute atomic E-state index is 11.7. The van der Waals surface area contributed by atoms with Gasteiger partial charge in [0.2, 0.25) is 6.79 Å². The number of nitrogens with one attached hydrogen (secondary N) is 2. The van der Waals surface area contributed by atoms with E-state index in [2.05, 4.69) is 17.6 Å². The Labute approximate surface area is 124 Å². The number of fused-ring (bicyclic) bond motifs is 1. The van der Waals surface area contributed by atoms with Crippen molar-refractivity contribution in [1.29, 1.82) is 0 Å². The van der Waals surface area contributed by atoms with E-state index in [9.17, 15) is 4.79 Å². The molecule has 0 bridgehead atoms. The van der Waals surface area contributed by atoms with E-state index in [4.69, 9.17) is 14.2 Å². The molecule has 2 N–H and O–H groups in total. The van der Waals surface area contributed by atoms with Crippen molar-refractivity contribution in [2.45, 2.75) is 26.3 Å². The highest BCUT2D eigenvalue weighted by atomic mass is 16.7. The Morgan fingerprint density at radius 3 is 2.81 bits per heavy atom. The van der Waals surface area contributed by atoms with Crippen LogP contribution in [-0.2, 0) is 11.3 Å². The van der Waals surface area contributed by atoms with Crippen LogP contribution in [0.1, 0.15) is 25.3 Å². The number of rotatable bonds is 8. The van der Waals surface area contributed by atoms with Gasteiger partial charge in [0, 0.05) is 24.7 Å². The lowest BCUT2D eigenvalue weighted by molar-refractivity contribution is -0.123. The second kappa shape index (κ2) is 7.73. The van der Waals surface area contributed by atoms with E-state index in [0.29, 0.717) is 30.3 Å². The van der Waals surface area contributed by atoms with E-state index in [1.807, 2.05) is 13.1 Å². The number of carbonyl (C=O) groups excluding carboxylic acids is 1. The molecule has 21 heavy (non-hydrogen) atoms. The van der Waals surface area contributed by atoms with Crippen LogP contribution >= 0.6 is 0 Å². The number of benzene rings is 1. The Morgan fingerprint density at radius 2 is 2.10 bits per heavy atom. The fraction of sp³-hybridized carbons (Fsp3) is 0.533. The van der Waals surface area contributed by atoms with Crippen LogP contribution in [0.4, 0.5) is 0 Å². The summed E-state index contributed by atoms with van der Waals surface area (Å²) in [5.74, 6) is 1.88. The van der Waals surface area contributed by atoms with Gasteiger partial charge in [-0.1, -0.05) is 13.3 Å². The summed E-state index contributed by atoms with van der Waals surface area (Å²) in [5.41, 5.74) is 0.933. The molecule has 2 rings (SSSR count). The lowest BCUT2D eigenvalue weighted by Crippen LogP contribution is -2.29. The first-order valence-corrected chi connectivity index (χ1v) is 7.21. The van der Waals surface area contributed by atoms with Gasteiger partial charge in [-0.15, -0.1) is 0 Å². The monoisotopic (exact) mass is 294 g/mol. The van der Waals surface area contributed by atoms with Crippen LogP contribution in [0.5, 0.6) is 17.2 Å². The van der Waals surface area contributed by atoms with Crippen LogP contribution in [0.25, 0.3) is 0 Å². The maximum atomic E-state index is 11.7. The van der Waals surface area contributed by atoms with Gasteiger partial charge in [-0.3, -0.25) is 4.79 Å². The number of hydrogen-bond donors (Lipinski definition) is 2. The molecule has 6 nitrogen and oxygen atoms in total. The van der Waals surface area contributed by atoms with Gasteiger partial charge in [-0.2, -0.15) is 0 Å². The lowest BCUT2D eigenvalue weighted by Gasteiger charge is -2.12. The fourth-order valence-electron chi connectivity index (χ4n) is 2.03. The van der Waals surface area contributed by atoms with E-state index in [0.717, 1.165) is 18.4 Å². The molecule has 1 heterocycles. The highest BCUT2D eigenvalue weighted by Gasteiger charge is 2.18. The molecule has 6 heteroatoms. The third kappa shape index (κ3) is 4.26. The van der Waals surface area contributed by atoms with Crippen molar-refractivity contribution in [2.24, 2.45) is 0 Å². The molecule has 0 unspecified atom stereocenters. The van der Waals surface area contributed by atoms with E-state index >= 15 is 0 Å². The number of ether oxygens (including phenoxy) is 3. The quantitative estimate of drug-likeness (QED) is 0.710. The predicted molar refractivity (Wildman–Crippen MR) is 78.7 cm³/mol. The minimum atomic E-state index is -0.114. The zero-order valence-electron chi connectivity index (χ0n) is 12.5. The zero-order chi connectivity index (χ0) is 15.1. The lowest BCUT2D eigenvalue weighted by atomic mass is 10.1. The van der Waals surface area contributed by atoms with Crippen molar-refractivity contribution >= 4 is 5.91 Å². The molecule has 0 aromatic heterocycles. The number of carbonyl (C=O) groups is 1. The Morgan fingerprint density at radius 1 is 1.33 bits per heavy atom. The minimum Gasteiger partial charge on any atom is -0.483 e. The Balaban J connectivity index is 1.96. The van der Waals surface area contributed by atoms with Gasteiger partial charge < -0.3 is 24.8 Å². The van der Waals surface area contributed by atoms with Gasteiger partial charge in [0.15, 0.2) is 18.1 Å². The SMILES string of the molecule is CCCCNC(=O)COc1cc2c(cc1CNC)OCO2. The van der Waals surface area contributed by atoms with E-state index < -0.39 is 0 Å². The second-order valence-electron chi connectivity index (χ2n) is 4.84. The Bertz CT molecular complexity index is 491. The molecule has 0 radical (unpaired) electrons. The fourth-order valence-corrected chi connectivity index (χ4v) is 2.03. The topological polar surface area (TPSA) is 68.8 Å². The van der Waals surface area contributed by atoms with Crippen molar-refractivity contribution in [3.8, 4) is 17.2 Å². The van der Waals surface area contributed by atoms with Crippen molar-refractivity contribution in [3.63, 3.8) is 0 Å². The molecule has 0 saturated heterocycles. The third-order valence-electron chi connectivity index (χ3n) is 3.13. The smallest absolute Gasteiger partial charge is 0.257 e. The second-order valence-corrected chi connectivity index (χ2v) is 4.84. The van der Waals surface area contributed by atoms with Gasteiger partial charge >= 0.3 is 0 Å². The summed E-state index contributed by atoms with van der Waals surface area (Å²) < 4.78 is 16.3. The summed E-state index contributed by atoms with van der Waals surface area (Å²) in [6, 6.07) is 3.65. The van der Waals surface area contributed by atoms with E-state index in [1.165, 1.54) is 0 Å². The van der Waals surface area contributed by atoms with Crippen LogP contribution < -0.4 is 24.8 Å². The van der Waals surface area contributed by atoms with E-state index in [-0.39, 0.29) is 19.3 Å². The summed E-state index contributed by atoms with van der Waals surface area (Å²) >= 11 is 0. The largest absolute Gasteiger partial charge is 0.483 e. The van der Waals surface area contributed by atoms with Gasteiger partial charge in [-0.05, 0) is 19.5 Å². The summed E-state index contributed by atoms with van der Waals surface area (Å²) in [6.45, 7) is 3.61. The Kier molecular flexibility index (Phi) is 5.68. The molecular formula is C15H22N2O4. The molecule has 0 spiro atoms. The Hall–Kier alpha value is -1.95. The molecule has 0 saturated carbocycles. The average molecular weight is 294 g/mol. The molecule has 1 aromatic rings. The predicted octanol–water partition coefficient (Wildman–Crippen LogP) is 1.43. The summed E-state index contributed by atoms with van der Waals surface area (Å²) in [5, 5.41) is 5.89. The first kappa shape index (κ1) is 15.4. The molecule has 116 valence electrons. The van der Waals surface area contributed by atoms with Crippen molar-refractivity contribution in [3.05, 3.63) is 17.7 Å². The van der Waals surface area contributed by atoms with Crippen molar-refractivity contribution < 1.29 is 19.0 Å². The van der Waals surface area contributed by atoms with Crippen LogP contribution in [-0.4, -0.2) is 32.9 Å². The number of unbranched alkanes of at least 4 members (excludes halogenated alkanes) is 1. The molecular weight excluding hydrogens is 272 g/mol. The van der Waals surface area contributed by atoms with Gasteiger partial charge in [-0.25, -0.2) is 0 Å². The normalized spacial score (nSPS) is 12.3. The van der Waals surface area contributed by atoms with Crippen LogP contribution in [0, 0.1) is 0 Å². The summed E-state index contributed by atoms with van der Waals surface area (Å²) in [6.07, 6.45) is 2.02. The summed E-state index contributed by atoms with van der Waals surface area (Å²) in [7, 11) is 1.85. The first-order chi connectivity index (χ1) is 10.2. The highest BCUT2D eigenvalue weighted by molar-refractivity contribution is 5.77. The molecule has 1 aliphatic heterocycles. The average Bonchev–Trinajstić information content (AvgIpc) is 2.92. The molecule has 1 aliphatic rings. The first-order valence-electron chi connectivity index (χ1n) is 7.21. The van der Waals surface area contributed by atoms with Crippen molar-refractivity contribution in [1.82, 2.24) is 10.6 Å². The molecule has 1 amide bonds. The maximum Gasteiger partial charge on any atom is 0.257 e. The van der Waals surface area contributed by atoms with Crippen LogP contribution in [0.15, 0.2) is 12.1 Å². The molecule has 1 aromatic carbocycles. The van der Waals surface area contributed by atoms with Gasteiger partial charge in [0.25, 0.3) is 5.91 Å². The number of hydrogen-bond acceptors (Lipinski definition) is 5. The summed E-state index contributed by atoms with van der Waals surface area (Å²) in [4.78, 5) is 11.7. The molecule has 0 atom stereocenters. The van der Waals surface area contributed by atoms with Crippen LogP contribution in [0.2, 0.25) is 0 Å². The molecule has 0 fully saturated rings. The van der Waals surface area contributed by atoms with Crippen molar-refractivity contribution in [2.75, 3.05) is 27.0 Å².